The van der Waals surface area contributed by atoms with Crippen LogP contribution in [0.3, 0.4) is 0 Å². The number of benzene rings is 2. The molecule has 0 bridgehead atoms. The van der Waals surface area contributed by atoms with Crippen LogP contribution in [0.25, 0.3) is 0 Å². The van der Waals surface area contributed by atoms with Crippen LogP contribution >= 0.6 is 11.8 Å². The normalized spacial score (nSPS) is 16.9. The third-order valence-electron chi connectivity index (χ3n) is 3.95. The number of ether oxygens (including phenoxy) is 3. The maximum atomic E-state index is 13.2. The molecule has 0 N–H and O–H groups in total. The van der Waals surface area contributed by atoms with E-state index in [4.69, 9.17) is 14.2 Å². The van der Waals surface area contributed by atoms with Gasteiger partial charge in [-0.05, 0) is 17.7 Å². The second kappa shape index (κ2) is 7.23. The third-order valence-corrected chi connectivity index (χ3v) is 5.16. The summed E-state index contributed by atoms with van der Waals surface area (Å²) in [4.78, 5) is 14.2. The Morgan fingerprint density at radius 1 is 1.04 bits per heavy atom. The van der Waals surface area contributed by atoms with Crippen molar-refractivity contribution >= 4 is 23.4 Å². The van der Waals surface area contributed by atoms with Gasteiger partial charge in [-0.25, -0.2) is 4.39 Å². The minimum absolute atomic E-state index is 0.0337. The molecular weight excluding hydrogens is 345 g/mol. The Balaban J connectivity index is 2.06. The van der Waals surface area contributed by atoms with Crippen molar-refractivity contribution in [2.24, 2.45) is 0 Å². The number of nitrogens with zero attached hydrogens (tertiary/aromatic N) is 1. The minimum atomic E-state index is -0.308. The summed E-state index contributed by atoms with van der Waals surface area (Å²) < 4.78 is 29.3. The summed E-state index contributed by atoms with van der Waals surface area (Å²) in [6.07, 6.45) is 0. The van der Waals surface area contributed by atoms with Crippen molar-refractivity contribution in [1.29, 1.82) is 0 Å². The van der Waals surface area contributed by atoms with Crippen molar-refractivity contribution in [2.75, 3.05) is 32.0 Å². The average Bonchev–Trinajstić information content (AvgIpc) is 3.02. The molecule has 1 aliphatic rings. The zero-order valence-corrected chi connectivity index (χ0v) is 14.9. The molecule has 1 aliphatic heterocycles. The maximum Gasteiger partial charge on any atom is 0.238 e. The van der Waals surface area contributed by atoms with E-state index in [1.165, 1.54) is 45.2 Å². The smallest absolute Gasteiger partial charge is 0.238 e. The van der Waals surface area contributed by atoms with Gasteiger partial charge < -0.3 is 14.2 Å². The van der Waals surface area contributed by atoms with Crippen LogP contribution in [0, 0.1) is 5.82 Å². The van der Waals surface area contributed by atoms with E-state index in [0.717, 1.165) is 5.56 Å². The Morgan fingerprint density at radius 2 is 1.64 bits per heavy atom. The monoisotopic (exact) mass is 363 g/mol. The van der Waals surface area contributed by atoms with E-state index in [2.05, 4.69) is 0 Å². The van der Waals surface area contributed by atoms with Gasteiger partial charge in [0.2, 0.25) is 11.7 Å². The van der Waals surface area contributed by atoms with E-state index in [1.54, 1.807) is 29.2 Å². The van der Waals surface area contributed by atoms with E-state index in [1.807, 2.05) is 0 Å². The van der Waals surface area contributed by atoms with Crippen LogP contribution in [-0.4, -0.2) is 33.0 Å². The van der Waals surface area contributed by atoms with Crippen LogP contribution in [0.1, 0.15) is 10.9 Å². The molecule has 2 aromatic rings. The van der Waals surface area contributed by atoms with Crippen LogP contribution in [0.15, 0.2) is 36.4 Å². The first-order valence-corrected chi connectivity index (χ1v) is 8.63. The number of thioether (sulfide) groups is 1. The standard InChI is InChI=1S/C18H18FNO4S/c1-22-14-8-13(9-15(23-2)17(14)24-3)20-16(21)10-25-18(20)11-4-6-12(19)7-5-11/h4-9,18H,10H2,1-3H3. The van der Waals surface area contributed by atoms with Gasteiger partial charge in [0, 0.05) is 12.1 Å². The van der Waals surface area contributed by atoms with Gasteiger partial charge in [-0.15, -0.1) is 11.8 Å². The number of carbonyl (C=O) groups excluding carboxylic acids is 1. The number of halogens is 1. The minimum Gasteiger partial charge on any atom is -0.493 e. The second-order valence-corrected chi connectivity index (χ2v) is 6.43. The molecular formula is C18H18FNO4S. The van der Waals surface area contributed by atoms with E-state index < -0.39 is 0 Å². The second-order valence-electron chi connectivity index (χ2n) is 5.36. The number of amides is 1. The first-order valence-electron chi connectivity index (χ1n) is 7.58. The van der Waals surface area contributed by atoms with Gasteiger partial charge in [0.15, 0.2) is 11.5 Å². The predicted octanol–water partition coefficient (Wildman–Crippen LogP) is 3.63. The first-order chi connectivity index (χ1) is 12.1. The fourth-order valence-corrected chi connectivity index (χ4v) is 3.96. The van der Waals surface area contributed by atoms with Gasteiger partial charge in [-0.3, -0.25) is 9.69 Å². The van der Waals surface area contributed by atoms with Crippen molar-refractivity contribution in [3.05, 3.63) is 47.8 Å². The molecule has 0 spiro atoms. The SMILES string of the molecule is COc1cc(N2C(=O)CSC2c2ccc(F)cc2)cc(OC)c1OC. The summed E-state index contributed by atoms with van der Waals surface area (Å²) >= 11 is 1.49. The van der Waals surface area contributed by atoms with Crippen molar-refractivity contribution in [3.8, 4) is 17.2 Å². The summed E-state index contributed by atoms with van der Waals surface area (Å²) in [5.74, 6) is 1.41. The molecule has 1 amide bonds. The highest BCUT2D eigenvalue weighted by Crippen LogP contribution is 2.47. The van der Waals surface area contributed by atoms with Gasteiger partial charge >= 0.3 is 0 Å². The molecule has 2 aromatic carbocycles. The van der Waals surface area contributed by atoms with Crippen molar-refractivity contribution in [3.63, 3.8) is 0 Å². The molecule has 0 radical (unpaired) electrons. The summed E-state index contributed by atoms with van der Waals surface area (Å²) in [6, 6.07) is 9.65. The summed E-state index contributed by atoms with van der Waals surface area (Å²) in [6.45, 7) is 0. The molecule has 0 aromatic heterocycles. The van der Waals surface area contributed by atoms with Crippen molar-refractivity contribution in [2.45, 2.75) is 5.37 Å². The van der Waals surface area contributed by atoms with Gasteiger partial charge in [0.25, 0.3) is 0 Å². The lowest BCUT2D eigenvalue weighted by Crippen LogP contribution is -2.27. The van der Waals surface area contributed by atoms with Crippen LogP contribution in [0.4, 0.5) is 10.1 Å². The third kappa shape index (κ3) is 3.24. The van der Waals surface area contributed by atoms with Gasteiger partial charge in [0.1, 0.15) is 11.2 Å². The lowest BCUT2D eigenvalue weighted by atomic mass is 10.1. The molecule has 1 saturated heterocycles. The van der Waals surface area contributed by atoms with Gasteiger partial charge in [-0.1, -0.05) is 12.1 Å². The predicted molar refractivity (Wildman–Crippen MR) is 95.2 cm³/mol. The lowest BCUT2D eigenvalue weighted by molar-refractivity contribution is -0.115. The van der Waals surface area contributed by atoms with E-state index in [-0.39, 0.29) is 17.1 Å². The summed E-state index contributed by atoms with van der Waals surface area (Å²) in [7, 11) is 4.58. The van der Waals surface area contributed by atoms with Gasteiger partial charge in [-0.2, -0.15) is 0 Å². The molecule has 7 heteroatoms. The zero-order chi connectivity index (χ0) is 18.0. The average molecular weight is 363 g/mol. The molecule has 5 nitrogen and oxygen atoms in total. The number of hydrogen-bond donors (Lipinski definition) is 0. The Labute approximate surface area is 149 Å². The highest BCUT2D eigenvalue weighted by atomic mass is 32.2. The molecule has 25 heavy (non-hydrogen) atoms. The Hall–Kier alpha value is -2.41. The zero-order valence-electron chi connectivity index (χ0n) is 14.1. The largest absolute Gasteiger partial charge is 0.493 e. The highest BCUT2D eigenvalue weighted by Gasteiger charge is 2.35. The number of carbonyl (C=O) groups is 1. The van der Waals surface area contributed by atoms with Gasteiger partial charge in [0.05, 0.1) is 32.8 Å². The molecule has 0 saturated carbocycles. The quantitative estimate of drug-likeness (QED) is 0.812. The highest BCUT2D eigenvalue weighted by molar-refractivity contribution is 8.00. The van der Waals surface area contributed by atoms with E-state index >= 15 is 0 Å². The Bertz CT molecular complexity index is 756. The topological polar surface area (TPSA) is 48.0 Å². The molecule has 3 rings (SSSR count). The van der Waals surface area contributed by atoms with E-state index in [9.17, 15) is 9.18 Å². The molecule has 1 fully saturated rings. The van der Waals surface area contributed by atoms with Crippen molar-refractivity contribution < 1.29 is 23.4 Å². The fraction of sp³-hybridized carbons (Fsp3) is 0.278. The summed E-state index contributed by atoms with van der Waals surface area (Å²) in [5, 5.41) is -0.240. The molecule has 1 atom stereocenters. The maximum absolute atomic E-state index is 13.2. The Morgan fingerprint density at radius 3 is 2.16 bits per heavy atom. The molecule has 1 heterocycles. The number of methoxy groups -OCH3 is 3. The van der Waals surface area contributed by atoms with E-state index in [0.29, 0.717) is 28.7 Å². The first kappa shape index (κ1) is 17.4. The fourth-order valence-electron chi connectivity index (χ4n) is 2.78. The molecule has 0 aliphatic carbocycles. The van der Waals surface area contributed by atoms with Crippen LogP contribution < -0.4 is 19.1 Å². The lowest BCUT2D eigenvalue weighted by Gasteiger charge is -2.26. The van der Waals surface area contributed by atoms with Crippen LogP contribution in [0.5, 0.6) is 17.2 Å². The number of rotatable bonds is 5. The summed E-state index contributed by atoms with van der Waals surface area (Å²) in [5.41, 5.74) is 1.49. The van der Waals surface area contributed by atoms with Crippen LogP contribution in [0.2, 0.25) is 0 Å². The van der Waals surface area contributed by atoms with Crippen molar-refractivity contribution in [1.82, 2.24) is 0 Å². The van der Waals surface area contributed by atoms with Crippen LogP contribution in [-0.2, 0) is 4.79 Å². The Kier molecular flexibility index (Phi) is 5.03. The number of hydrogen-bond acceptors (Lipinski definition) is 5. The number of anilines is 1. The molecule has 1 unspecified atom stereocenters. The molecule has 132 valence electrons.